The topological polar surface area (TPSA) is 74.2 Å². The molecular formula is C16H17NO5. The average molecular weight is 303 g/mol. The van der Waals surface area contributed by atoms with Gasteiger partial charge in [-0.15, -0.1) is 0 Å². The van der Waals surface area contributed by atoms with Crippen LogP contribution in [0.3, 0.4) is 0 Å². The van der Waals surface area contributed by atoms with E-state index in [1.165, 1.54) is 19.8 Å². The molecule has 0 atom stereocenters. The third-order valence-electron chi connectivity index (χ3n) is 3.28. The maximum atomic E-state index is 11.6. The van der Waals surface area contributed by atoms with Gasteiger partial charge in [-0.05, 0) is 24.8 Å². The van der Waals surface area contributed by atoms with Crippen molar-refractivity contribution in [1.82, 2.24) is 0 Å². The third kappa shape index (κ3) is 3.72. The van der Waals surface area contributed by atoms with E-state index in [0.29, 0.717) is 0 Å². The summed E-state index contributed by atoms with van der Waals surface area (Å²) in [5, 5.41) is 4.02. The second-order valence-electron chi connectivity index (χ2n) is 4.66. The van der Waals surface area contributed by atoms with Crippen molar-refractivity contribution in [2.24, 2.45) is 5.16 Å². The van der Waals surface area contributed by atoms with Gasteiger partial charge in [0.15, 0.2) is 0 Å². The quantitative estimate of drug-likeness (QED) is 0.368. The highest BCUT2D eigenvalue weighted by molar-refractivity contribution is 6.02. The van der Waals surface area contributed by atoms with Crippen molar-refractivity contribution in [1.29, 1.82) is 0 Å². The number of carbonyl (C=O) groups excluding carboxylic acids is 2. The van der Waals surface area contributed by atoms with Crippen LogP contribution in [-0.4, -0.2) is 31.9 Å². The minimum absolute atomic E-state index is 0.315. The number of aryl methyl sites for hydroxylation is 1. The normalized spacial score (nSPS) is 15.9. The lowest BCUT2D eigenvalue weighted by Crippen LogP contribution is -2.14. The molecule has 6 heteroatoms. The predicted octanol–water partition coefficient (Wildman–Crippen LogP) is 1.97. The van der Waals surface area contributed by atoms with E-state index in [2.05, 4.69) is 14.6 Å². The van der Waals surface area contributed by atoms with Gasteiger partial charge in [0.2, 0.25) is 5.76 Å². The zero-order valence-electron chi connectivity index (χ0n) is 12.5. The van der Waals surface area contributed by atoms with Crippen LogP contribution < -0.4 is 0 Å². The summed E-state index contributed by atoms with van der Waals surface area (Å²) in [4.78, 5) is 28.0. The molecule has 0 saturated heterocycles. The third-order valence-corrected chi connectivity index (χ3v) is 3.28. The standard InChI is InChI=1S/C16H17NO5/c1-20-15(18)10-14(16(19)21-2)22-17-13-9-5-7-11-6-3-4-8-12(11)13/h3-4,6,8,10H,5,7,9H2,1-2H3/b14-10+,17-13-. The van der Waals surface area contributed by atoms with Crippen LogP contribution in [0.4, 0.5) is 0 Å². The molecule has 1 aromatic carbocycles. The van der Waals surface area contributed by atoms with Crippen LogP contribution in [0, 0.1) is 0 Å². The number of ether oxygens (including phenoxy) is 2. The molecule has 22 heavy (non-hydrogen) atoms. The Morgan fingerprint density at radius 3 is 2.64 bits per heavy atom. The number of rotatable bonds is 4. The van der Waals surface area contributed by atoms with E-state index in [-0.39, 0.29) is 5.76 Å². The summed E-state index contributed by atoms with van der Waals surface area (Å²) in [6.45, 7) is 0. The second kappa shape index (κ2) is 7.40. The summed E-state index contributed by atoms with van der Waals surface area (Å²) >= 11 is 0. The number of oxime groups is 1. The summed E-state index contributed by atoms with van der Waals surface area (Å²) in [7, 11) is 2.40. The molecule has 0 aromatic heterocycles. The molecule has 6 nitrogen and oxygen atoms in total. The van der Waals surface area contributed by atoms with Gasteiger partial charge >= 0.3 is 11.9 Å². The molecule has 0 unspecified atom stereocenters. The molecule has 2 rings (SSSR count). The van der Waals surface area contributed by atoms with Crippen molar-refractivity contribution in [3.05, 3.63) is 47.2 Å². The van der Waals surface area contributed by atoms with Crippen molar-refractivity contribution in [3.8, 4) is 0 Å². The Bertz CT molecular complexity index is 633. The largest absolute Gasteiger partial charge is 0.466 e. The maximum absolute atomic E-state index is 11.6. The SMILES string of the molecule is COC(=O)/C=C(/O/N=C1/CCCc2ccccc21)C(=O)OC. The molecule has 0 fully saturated rings. The molecule has 1 aromatic rings. The van der Waals surface area contributed by atoms with E-state index in [9.17, 15) is 9.59 Å². The Morgan fingerprint density at radius 2 is 1.91 bits per heavy atom. The maximum Gasteiger partial charge on any atom is 0.377 e. The molecule has 0 radical (unpaired) electrons. The Morgan fingerprint density at radius 1 is 1.14 bits per heavy atom. The number of esters is 2. The molecule has 1 aliphatic carbocycles. The number of fused-ring (bicyclic) bond motifs is 1. The van der Waals surface area contributed by atoms with Crippen LogP contribution in [0.25, 0.3) is 0 Å². The lowest BCUT2D eigenvalue weighted by atomic mass is 9.90. The van der Waals surface area contributed by atoms with Crippen molar-refractivity contribution >= 4 is 17.7 Å². The molecule has 0 spiro atoms. The summed E-state index contributed by atoms with van der Waals surface area (Å²) in [5.41, 5.74) is 2.92. The van der Waals surface area contributed by atoms with Crippen molar-refractivity contribution in [2.75, 3.05) is 14.2 Å². The zero-order valence-corrected chi connectivity index (χ0v) is 12.5. The highest BCUT2D eigenvalue weighted by Crippen LogP contribution is 2.22. The molecule has 0 aliphatic heterocycles. The monoisotopic (exact) mass is 303 g/mol. The fourth-order valence-electron chi connectivity index (χ4n) is 2.19. The summed E-state index contributed by atoms with van der Waals surface area (Å²) in [6, 6.07) is 7.89. The van der Waals surface area contributed by atoms with Gasteiger partial charge in [-0.2, -0.15) is 0 Å². The second-order valence-corrected chi connectivity index (χ2v) is 4.66. The fourth-order valence-corrected chi connectivity index (χ4v) is 2.19. The number of hydrogen-bond acceptors (Lipinski definition) is 6. The van der Waals surface area contributed by atoms with E-state index in [1.807, 2.05) is 24.3 Å². The first-order valence-electron chi connectivity index (χ1n) is 6.86. The molecular weight excluding hydrogens is 286 g/mol. The van der Waals surface area contributed by atoms with Gasteiger partial charge in [-0.3, -0.25) is 0 Å². The highest BCUT2D eigenvalue weighted by Gasteiger charge is 2.18. The van der Waals surface area contributed by atoms with Crippen LogP contribution in [-0.2, 0) is 30.3 Å². The fraction of sp³-hybridized carbons (Fsp3) is 0.312. The van der Waals surface area contributed by atoms with Gasteiger partial charge in [-0.25, -0.2) is 9.59 Å². The average Bonchev–Trinajstić information content (AvgIpc) is 2.57. The summed E-state index contributed by atoms with van der Waals surface area (Å²) in [6.07, 6.45) is 3.58. The Kier molecular flexibility index (Phi) is 5.30. The smallest absolute Gasteiger partial charge is 0.377 e. The molecule has 0 heterocycles. The van der Waals surface area contributed by atoms with Gasteiger partial charge in [0.1, 0.15) is 0 Å². The highest BCUT2D eigenvalue weighted by atomic mass is 16.7. The van der Waals surface area contributed by atoms with Crippen molar-refractivity contribution in [2.45, 2.75) is 19.3 Å². The van der Waals surface area contributed by atoms with Crippen LogP contribution in [0.5, 0.6) is 0 Å². The van der Waals surface area contributed by atoms with Crippen molar-refractivity contribution < 1.29 is 23.9 Å². The van der Waals surface area contributed by atoms with E-state index >= 15 is 0 Å². The zero-order chi connectivity index (χ0) is 15.9. The number of benzene rings is 1. The van der Waals surface area contributed by atoms with Gasteiger partial charge in [0, 0.05) is 5.56 Å². The lowest BCUT2D eigenvalue weighted by molar-refractivity contribution is -0.142. The first kappa shape index (κ1) is 15.8. The number of nitrogens with zero attached hydrogens (tertiary/aromatic N) is 1. The first-order valence-corrected chi connectivity index (χ1v) is 6.86. The molecule has 0 bridgehead atoms. The van der Waals surface area contributed by atoms with Gasteiger partial charge in [-0.1, -0.05) is 29.4 Å². The predicted molar refractivity (Wildman–Crippen MR) is 79.1 cm³/mol. The molecule has 0 N–H and O–H groups in total. The Labute approximate surface area is 128 Å². The number of carbonyl (C=O) groups is 2. The Hall–Kier alpha value is -2.63. The van der Waals surface area contributed by atoms with E-state index in [1.54, 1.807) is 0 Å². The van der Waals surface area contributed by atoms with Crippen LogP contribution in [0.1, 0.15) is 24.0 Å². The number of methoxy groups -OCH3 is 2. The summed E-state index contributed by atoms with van der Waals surface area (Å²) < 4.78 is 9.03. The van der Waals surface area contributed by atoms with Crippen LogP contribution >= 0.6 is 0 Å². The minimum Gasteiger partial charge on any atom is -0.466 e. The number of hydrogen-bond donors (Lipinski definition) is 0. The van der Waals surface area contributed by atoms with Gasteiger partial charge < -0.3 is 14.3 Å². The van der Waals surface area contributed by atoms with E-state index < -0.39 is 11.9 Å². The van der Waals surface area contributed by atoms with Crippen LogP contribution in [0.15, 0.2) is 41.3 Å². The molecule has 0 saturated carbocycles. The van der Waals surface area contributed by atoms with E-state index in [0.717, 1.165) is 36.6 Å². The molecule has 1 aliphatic rings. The molecule has 0 amide bonds. The van der Waals surface area contributed by atoms with Gasteiger partial charge in [0.05, 0.1) is 26.0 Å². The first-order chi connectivity index (χ1) is 10.7. The Balaban J connectivity index is 2.24. The van der Waals surface area contributed by atoms with Gasteiger partial charge in [0.25, 0.3) is 0 Å². The lowest BCUT2D eigenvalue weighted by Gasteiger charge is -2.17. The summed E-state index contributed by atoms with van der Waals surface area (Å²) in [5.74, 6) is -1.83. The van der Waals surface area contributed by atoms with Crippen molar-refractivity contribution in [3.63, 3.8) is 0 Å². The molecule has 116 valence electrons. The van der Waals surface area contributed by atoms with Crippen LogP contribution in [0.2, 0.25) is 0 Å². The minimum atomic E-state index is -0.793. The van der Waals surface area contributed by atoms with E-state index in [4.69, 9.17) is 4.84 Å².